The highest BCUT2D eigenvalue weighted by molar-refractivity contribution is 9.10. The Bertz CT molecular complexity index is 1170. The molecule has 0 unspecified atom stereocenters. The Balaban J connectivity index is 1.48. The van der Waals surface area contributed by atoms with Crippen molar-refractivity contribution in [3.8, 4) is 0 Å². The Labute approximate surface area is 210 Å². The van der Waals surface area contributed by atoms with Crippen LogP contribution in [0.15, 0.2) is 86.8 Å². The second-order valence-electron chi connectivity index (χ2n) is 7.98. The number of amides is 2. The predicted molar refractivity (Wildman–Crippen MR) is 138 cm³/mol. The fraction of sp³-hybridized carbons (Fsp3) is 0.192. The molecule has 0 saturated heterocycles. The number of rotatable bonds is 6. The molecule has 1 N–H and O–H groups in total. The highest BCUT2D eigenvalue weighted by Crippen LogP contribution is 2.34. The Kier molecular flexibility index (Phi) is 7.40. The number of nitrogens with one attached hydrogen (secondary N) is 1. The van der Waals surface area contributed by atoms with E-state index >= 15 is 0 Å². The van der Waals surface area contributed by atoms with Crippen LogP contribution in [0.3, 0.4) is 0 Å². The lowest BCUT2D eigenvalue weighted by Gasteiger charge is -2.22. The van der Waals surface area contributed by atoms with Crippen molar-refractivity contribution < 1.29 is 9.59 Å². The van der Waals surface area contributed by atoms with Gasteiger partial charge in [0.15, 0.2) is 0 Å². The standard InChI is InChI=1S/C26H23Br2N3O2/c1-17-2-12-22(13-3-17)29-25(32)14-15-26(33)31-24(19-6-10-21(28)11-7-19)16-23(30-31)18-4-8-20(27)9-5-18/h2-13,24H,14-16H2,1H3,(H,29,32)/t24-/m1/s1. The first kappa shape index (κ1) is 23.4. The molecule has 0 spiro atoms. The van der Waals surface area contributed by atoms with Crippen LogP contribution in [0, 0.1) is 6.92 Å². The zero-order valence-corrected chi connectivity index (χ0v) is 21.3. The first-order chi connectivity index (χ1) is 15.9. The van der Waals surface area contributed by atoms with Crippen molar-refractivity contribution in [2.45, 2.75) is 32.2 Å². The first-order valence-corrected chi connectivity index (χ1v) is 12.2. The number of carbonyl (C=O) groups excluding carboxylic acids is 2. The molecule has 5 nitrogen and oxygen atoms in total. The van der Waals surface area contributed by atoms with Crippen LogP contribution in [0.1, 0.15) is 42.0 Å². The average Bonchev–Trinajstić information content (AvgIpc) is 3.25. The van der Waals surface area contributed by atoms with Crippen molar-refractivity contribution in [2.24, 2.45) is 5.10 Å². The molecule has 0 bridgehead atoms. The molecule has 0 radical (unpaired) electrons. The molecule has 168 valence electrons. The quantitative estimate of drug-likeness (QED) is 0.363. The van der Waals surface area contributed by atoms with E-state index in [2.05, 4.69) is 42.3 Å². The van der Waals surface area contributed by atoms with E-state index in [-0.39, 0.29) is 30.7 Å². The van der Waals surface area contributed by atoms with Gasteiger partial charge in [-0.1, -0.05) is 73.8 Å². The molecule has 0 saturated carbocycles. The second-order valence-corrected chi connectivity index (χ2v) is 9.81. The van der Waals surface area contributed by atoms with Crippen LogP contribution in [-0.2, 0) is 9.59 Å². The van der Waals surface area contributed by atoms with E-state index in [0.29, 0.717) is 6.42 Å². The average molecular weight is 569 g/mol. The molecule has 1 aliphatic heterocycles. The summed E-state index contributed by atoms with van der Waals surface area (Å²) in [6, 6.07) is 23.2. The van der Waals surface area contributed by atoms with Gasteiger partial charge in [0.2, 0.25) is 11.8 Å². The van der Waals surface area contributed by atoms with Crippen molar-refractivity contribution in [3.05, 3.63) is 98.4 Å². The van der Waals surface area contributed by atoms with Gasteiger partial charge in [-0.05, 0) is 54.4 Å². The van der Waals surface area contributed by atoms with Gasteiger partial charge in [0.1, 0.15) is 0 Å². The molecular formula is C26H23Br2N3O2. The van der Waals surface area contributed by atoms with Crippen LogP contribution in [0.4, 0.5) is 5.69 Å². The summed E-state index contributed by atoms with van der Waals surface area (Å²) in [5.41, 5.74) is 4.69. The molecule has 7 heteroatoms. The Morgan fingerprint density at radius 2 is 1.52 bits per heavy atom. The van der Waals surface area contributed by atoms with Gasteiger partial charge < -0.3 is 5.32 Å². The zero-order valence-electron chi connectivity index (χ0n) is 18.1. The maximum Gasteiger partial charge on any atom is 0.243 e. The van der Waals surface area contributed by atoms with Gasteiger partial charge in [0.05, 0.1) is 11.8 Å². The lowest BCUT2D eigenvalue weighted by molar-refractivity contribution is -0.134. The Morgan fingerprint density at radius 1 is 0.909 bits per heavy atom. The number of nitrogens with zero attached hydrogens (tertiary/aromatic N) is 2. The third-order valence-corrected chi connectivity index (χ3v) is 6.56. The lowest BCUT2D eigenvalue weighted by Crippen LogP contribution is -2.28. The fourth-order valence-electron chi connectivity index (χ4n) is 3.70. The van der Waals surface area contributed by atoms with E-state index < -0.39 is 0 Å². The molecule has 2 amide bonds. The molecule has 3 aromatic rings. The predicted octanol–water partition coefficient (Wildman–Crippen LogP) is 6.62. The topological polar surface area (TPSA) is 61.8 Å². The molecule has 1 heterocycles. The maximum absolute atomic E-state index is 13.2. The van der Waals surface area contributed by atoms with E-state index in [0.717, 1.165) is 37.0 Å². The molecule has 3 aromatic carbocycles. The smallest absolute Gasteiger partial charge is 0.243 e. The molecule has 0 aromatic heterocycles. The van der Waals surface area contributed by atoms with E-state index in [1.807, 2.05) is 79.7 Å². The highest BCUT2D eigenvalue weighted by Gasteiger charge is 2.33. The number of hydrogen-bond donors (Lipinski definition) is 1. The number of carbonyl (C=O) groups is 2. The number of aryl methyl sites for hydroxylation is 1. The Hall–Kier alpha value is -2.77. The highest BCUT2D eigenvalue weighted by atomic mass is 79.9. The summed E-state index contributed by atoms with van der Waals surface area (Å²) in [5.74, 6) is -0.363. The van der Waals surface area contributed by atoms with E-state index in [1.54, 1.807) is 5.01 Å². The minimum atomic E-state index is -0.204. The molecule has 0 aliphatic carbocycles. The summed E-state index contributed by atoms with van der Waals surface area (Å²) in [5, 5.41) is 9.07. The number of halogens is 2. The summed E-state index contributed by atoms with van der Waals surface area (Å²) in [7, 11) is 0. The molecule has 4 rings (SSSR count). The van der Waals surface area contributed by atoms with Gasteiger partial charge in [-0.2, -0.15) is 5.10 Å². The molecule has 0 fully saturated rings. The van der Waals surface area contributed by atoms with Gasteiger partial charge in [0.25, 0.3) is 0 Å². The van der Waals surface area contributed by atoms with Crippen molar-refractivity contribution in [2.75, 3.05) is 5.32 Å². The lowest BCUT2D eigenvalue weighted by atomic mass is 9.98. The molecule has 1 atom stereocenters. The van der Waals surface area contributed by atoms with Crippen LogP contribution in [0.25, 0.3) is 0 Å². The van der Waals surface area contributed by atoms with Crippen LogP contribution in [0.2, 0.25) is 0 Å². The maximum atomic E-state index is 13.2. The van der Waals surface area contributed by atoms with E-state index in [4.69, 9.17) is 0 Å². The van der Waals surface area contributed by atoms with Crippen LogP contribution in [-0.4, -0.2) is 22.5 Å². The number of hydrazone groups is 1. The van der Waals surface area contributed by atoms with Crippen LogP contribution >= 0.6 is 31.9 Å². The van der Waals surface area contributed by atoms with E-state index in [1.165, 1.54) is 0 Å². The summed E-state index contributed by atoms with van der Waals surface area (Å²) in [4.78, 5) is 25.5. The largest absolute Gasteiger partial charge is 0.326 e. The van der Waals surface area contributed by atoms with Gasteiger partial charge in [-0.25, -0.2) is 5.01 Å². The minimum absolute atomic E-state index is 0.0852. The summed E-state index contributed by atoms with van der Waals surface area (Å²) in [6.07, 6.45) is 0.797. The molecule has 1 aliphatic rings. The monoisotopic (exact) mass is 567 g/mol. The van der Waals surface area contributed by atoms with Gasteiger partial charge in [-0.15, -0.1) is 0 Å². The number of anilines is 1. The minimum Gasteiger partial charge on any atom is -0.326 e. The van der Waals surface area contributed by atoms with Crippen LogP contribution < -0.4 is 5.32 Å². The summed E-state index contributed by atoms with van der Waals surface area (Å²) in [6.45, 7) is 1.99. The van der Waals surface area contributed by atoms with Gasteiger partial charge in [-0.3, -0.25) is 9.59 Å². The van der Waals surface area contributed by atoms with Crippen molar-refractivity contribution >= 4 is 55.1 Å². The van der Waals surface area contributed by atoms with Crippen molar-refractivity contribution in [3.63, 3.8) is 0 Å². The zero-order chi connectivity index (χ0) is 23.4. The van der Waals surface area contributed by atoms with Gasteiger partial charge in [0, 0.05) is 33.9 Å². The summed E-state index contributed by atoms with van der Waals surface area (Å²) >= 11 is 6.93. The number of hydrogen-bond acceptors (Lipinski definition) is 3. The fourth-order valence-corrected chi connectivity index (χ4v) is 4.23. The third-order valence-electron chi connectivity index (χ3n) is 5.50. The van der Waals surface area contributed by atoms with Crippen molar-refractivity contribution in [1.82, 2.24) is 5.01 Å². The van der Waals surface area contributed by atoms with Crippen LogP contribution in [0.5, 0.6) is 0 Å². The van der Waals surface area contributed by atoms with Crippen molar-refractivity contribution in [1.29, 1.82) is 0 Å². The number of benzene rings is 3. The normalized spacial score (nSPS) is 15.3. The Morgan fingerprint density at radius 3 is 2.15 bits per heavy atom. The SMILES string of the molecule is Cc1ccc(NC(=O)CCC(=O)N2N=C(c3ccc(Br)cc3)C[C@@H]2c2ccc(Br)cc2)cc1. The summed E-state index contributed by atoms with van der Waals surface area (Å²) < 4.78 is 1.96. The first-order valence-electron chi connectivity index (χ1n) is 10.7. The molecular weight excluding hydrogens is 546 g/mol. The second kappa shape index (κ2) is 10.4. The van der Waals surface area contributed by atoms with Gasteiger partial charge >= 0.3 is 0 Å². The van der Waals surface area contributed by atoms with E-state index in [9.17, 15) is 9.59 Å². The third kappa shape index (κ3) is 5.97. The molecule has 33 heavy (non-hydrogen) atoms.